The van der Waals surface area contributed by atoms with Crippen molar-refractivity contribution in [2.45, 2.75) is 233 Å². The van der Waals surface area contributed by atoms with Crippen molar-refractivity contribution >= 4 is 100 Å². The summed E-state index contributed by atoms with van der Waals surface area (Å²) in [5, 5.41) is 0. The highest BCUT2D eigenvalue weighted by Crippen LogP contribution is 2.40. The lowest BCUT2D eigenvalue weighted by Crippen LogP contribution is -2.68. The van der Waals surface area contributed by atoms with Crippen LogP contribution in [0, 0.1) is 0 Å². The summed E-state index contributed by atoms with van der Waals surface area (Å²) in [5.41, 5.74) is 0. The molecule has 0 aromatic carbocycles. The monoisotopic (exact) mass is 1040 g/mol. The molecule has 0 aromatic rings. The van der Waals surface area contributed by atoms with Crippen molar-refractivity contribution in [1.82, 2.24) is 16.9 Å². The summed E-state index contributed by atoms with van der Waals surface area (Å²) >= 11 is 0. The molecule has 0 unspecified atom stereocenters. The van der Waals surface area contributed by atoms with E-state index in [-0.39, 0.29) is 0 Å². The first-order valence-corrected chi connectivity index (χ1v) is 61.8. The fourth-order valence-electron chi connectivity index (χ4n) is 11.3. The van der Waals surface area contributed by atoms with Crippen LogP contribution >= 0.6 is 0 Å². The molecule has 0 radical (unpaired) electrons. The average molecular weight is 1050 g/mol. The molecule has 8 nitrogen and oxygen atoms in total. The maximum absolute atomic E-state index is 7.87. The molecule has 0 aromatic heterocycles. The van der Waals surface area contributed by atoms with Gasteiger partial charge in [-0.3, -0.25) is 0 Å². The molecule has 0 aliphatic carbocycles. The van der Waals surface area contributed by atoms with Crippen LogP contribution in [0.1, 0.15) is 25.7 Å². The van der Waals surface area contributed by atoms with Crippen LogP contribution in [0.25, 0.3) is 0 Å². The standard InChI is InChI=1S/C40H108N4O4Si12/c1-49(2,3)41(50(4,5)6)33-29-37-57(25)45-58(26,38-30-34-42(51(7,8)9)52(10,11)12)47-60(28,40-32-36-44(55(19,20)21)56(22,23)24)48-59(27,46-57)39-31-35-43(53(13,14)15)54(16,17)18/h29-40H2,1-28H3. The smallest absolute Gasteiger partial charge is 0.317 e. The largest absolute Gasteiger partial charge is 0.416 e. The summed E-state index contributed by atoms with van der Waals surface area (Å²) in [6.45, 7) is 75.2. The van der Waals surface area contributed by atoms with Gasteiger partial charge >= 0.3 is 34.2 Å². The van der Waals surface area contributed by atoms with Gasteiger partial charge in [0.1, 0.15) is 65.9 Å². The summed E-state index contributed by atoms with van der Waals surface area (Å²) in [6, 6.07) is 4.06. The van der Waals surface area contributed by atoms with Gasteiger partial charge in [0.2, 0.25) is 0 Å². The highest BCUT2D eigenvalue weighted by molar-refractivity contribution is 6.95. The highest BCUT2D eigenvalue weighted by Gasteiger charge is 2.57. The van der Waals surface area contributed by atoms with Crippen molar-refractivity contribution in [2.24, 2.45) is 0 Å². The van der Waals surface area contributed by atoms with Gasteiger partial charge in [-0.2, -0.15) is 0 Å². The summed E-state index contributed by atoms with van der Waals surface area (Å²) in [6.07, 6.45) is 4.51. The first kappa shape index (κ1) is 60.3. The average Bonchev–Trinajstić information content (AvgIpc) is 2.91. The van der Waals surface area contributed by atoms with E-state index in [0.29, 0.717) is 0 Å². The minimum atomic E-state index is -2.73. The van der Waals surface area contributed by atoms with E-state index < -0.39 is 100 Å². The highest BCUT2D eigenvalue weighted by atomic mass is 28.5. The van der Waals surface area contributed by atoms with Crippen LogP contribution in [0.4, 0.5) is 0 Å². The molecule has 1 heterocycles. The van der Waals surface area contributed by atoms with Crippen molar-refractivity contribution in [3.05, 3.63) is 0 Å². The van der Waals surface area contributed by atoms with E-state index in [1.807, 2.05) is 0 Å². The number of hydrogen-bond acceptors (Lipinski definition) is 8. The van der Waals surface area contributed by atoms with E-state index in [0.717, 1.165) is 76.0 Å². The predicted molar refractivity (Wildman–Crippen MR) is 302 cm³/mol. The van der Waals surface area contributed by atoms with Crippen LogP contribution in [0.15, 0.2) is 0 Å². The summed E-state index contributed by atoms with van der Waals surface area (Å²) < 4.78 is 43.3. The normalized spacial score (nSPS) is 26.4. The van der Waals surface area contributed by atoms with E-state index >= 15 is 0 Å². The van der Waals surface area contributed by atoms with Crippen LogP contribution in [0.5, 0.6) is 0 Å². The van der Waals surface area contributed by atoms with E-state index in [1.54, 1.807) is 0 Å². The molecule has 0 saturated carbocycles. The molecule has 0 spiro atoms. The molecular weight excluding hydrogens is 937 g/mol. The van der Waals surface area contributed by atoms with Crippen LogP contribution in [0.3, 0.4) is 0 Å². The molecule has 1 aliphatic heterocycles. The third-order valence-electron chi connectivity index (χ3n) is 12.3. The van der Waals surface area contributed by atoms with Gasteiger partial charge in [-0.25, -0.2) is 0 Å². The number of nitrogens with zero attached hydrogens (tertiary/aromatic N) is 4. The Bertz CT molecular complexity index is 1060. The Morgan fingerprint density at radius 2 is 0.367 bits per heavy atom. The number of rotatable bonds is 24. The first-order valence-electron chi connectivity index (χ1n) is 24.1. The maximum Gasteiger partial charge on any atom is 0.317 e. The second-order valence-corrected chi connectivity index (χ2v) is 82.5. The molecule has 0 amide bonds. The molecule has 0 N–H and O–H groups in total. The summed E-state index contributed by atoms with van der Waals surface area (Å²) in [5.74, 6) is 0. The Morgan fingerprint density at radius 1 is 0.250 bits per heavy atom. The zero-order valence-corrected chi connectivity index (χ0v) is 57.9. The fraction of sp³-hybridized carbons (Fsp3) is 1.00. The Hall–Kier alpha value is 2.28. The van der Waals surface area contributed by atoms with Gasteiger partial charge < -0.3 is 33.4 Å². The van der Waals surface area contributed by atoms with Gasteiger partial charge in [0, 0.05) is 0 Å². The molecule has 360 valence electrons. The van der Waals surface area contributed by atoms with Gasteiger partial charge in [0.15, 0.2) is 0 Å². The van der Waals surface area contributed by atoms with E-state index in [2.05, 4.69) is 200 Å². The molecule has 60 heavy (non-hydrogen) atoms. The Labute approximate surface area is 390 Å². The lowest BCUT2D eigenvalue weighted by atomic mass is 10.5. The fourth-order valence-corrected chi connectivity index (χ4v) is 73.3. The van der Waals surface area contributed by atoms with Gasteiger partial charge in [-0.15, -0.1) is 0 Å². The van der Waals surface area contributed by atoms with Crippen molar-refractivity contribution in [1.29, 1.82) is 0 Å². The Morgan fingerprint density at radius 3 is 0.467 bits per heavy atom. The van der Waals surface area contributed by atoms with Crippen molar-refractivity contribution in [3.63, 3.8) is 0 Å². The third-order valence-corrected chi connectivity index (χ3v) is 62.0. The molecule has 20 heteroatoms. The van der Waals surface area contributed by atoms with Crippen LogP contribution in [-0.2, 0) is 16.5 Å². The minimum Gasteiger partial charge on any atom is -0.416 e. The second kappa shape index (κ2) is 21.3. The van der Waals surface area contributed by atoms with Gasteiger partial charge in [-0.1, -0.05) is 157 Å². The molecule has 1 fully saturated rings. The van der Waals surface area contributed by atoms with Crippen LogP contribution < -0.4 is 0 Å². The minimum absolute atomic E-state index is 1.02. The zero-order valence-electron chi connectivity index (χ0n) is 45.9. The van der Waals surface area contributed by atoms with E-state index in [9.17, 15) is 0 Å². The van der Waals surface area contributed by atoms with Gasteiger partial charge in [0.05, 0.1) is 0 Å². The molecule has 1 rings (SSSR count). The van der Waals surface area contributed by atoms with Crippen LogP contribution in [0.2, 0.25) is 207 Å². The Kier molecular flexibility index (Phi) is 21.4. The SMILES string of the molecule is C[Si]1(CCCN([Si](C)(C)C)[Si](C)(C)C)O[Si](C)(CCCN([Si](C)(C)C)[Si](C)(C)C)O[Si](C)(CCCN([Si](C)(C)C)[Si](C)(C)C)O[Si](C)(CCCN([Si](C)(C)C)[Si](C)(C)C)O1. The molecular formula is C40H108N4O4Si12. The topological polar surface area (TPSA) is 49.9 Å². The first-order chi connectivity index (χ1) is 26.2. The second-order valence-electron chi connectivity index (χ2n) is 27.3. The van der Waals surface area contributed by atoms with Crippen molar-refractivity contribution in [3.8, 4) is 0 Å². The van der Waals surface area contributed by atoms with E-state index in [1.165, 1.54) is 0 Å². The molecule has 1 aliphatic rings. The Balaban J connectivity index is 3.84. The van der Waals surface area contributed by atoms with Crippen molar-refractivity contribution in [2.75, 3.05) is 26.2 Å². The summed E-state index contributed by atoms with van der Waals surface area (Å²) in [4.78, 5) is 0. The third kappa shape index (κ3) is 20.3. The lowest BCUT2D eigenvalue weighted by molar-refractivity contribution is 0.219. The van der Waals surface area contributed by atoms with Gasteiger partial charge in [0.25, 0.3) is 0 Å². The predicted octanol–water partition coefficient (Wildman–Crippen LogP) is 13.8. The summed E-state index contributed by atoms with van der Waals surface area (Å²) in [7, 11) is -22.8. The quantitative estimate of drug-likeness (QED) is 0.0887. The maximum atomic E-state index is 7.87. The zero-order chi connectivity index (χ0) is 47.6. The lowest BCUT2D eigenvalue weighted by Gasteiger charge is -2.51. The molecule has 0 atom stereocenters. The van der Waals surface area contributed by atoms with E-state index in [4.69, 9.17) is 16.5 Å². The molecule has 1 saturated heterocycles. The number of hydrogen-bond donors (Lipinski definition) is 0. The van der Waals surface area contributed by atoms with Crippen molar-refractivity contribution < 1.29 is 16.5 Å². The molecule has 0 bridgehead atoms. The van der Waals surface area contributed by atoms with Crippen LogP contribution in [-0.4, -0.2) is 143 Å². The van der Waals surface area contributed by atoms with Gasteiger partial charge in [-0.05, 0) is 102 Å².